The molecule has 0 spiro atoms. The van der Waals surface area contributed by atoms with Gasteiger partial charge in [0.2, 0.25) is 5.75 Å². The topological polar surface area (TPSA) is 117 Å². The Bertz CT molecular complexity index is 935. The fourth-order valence-corrected chi connectivity index (χ4v) is 2.27. The maximum Gasteiger partial charge on any atom is 0.416 e. The van der Waals surface area contributed by atoms with Gasteiger partial charge in [0.05, 0.1) is 23.2 Å². The maximum atomic E-state index is 12.6. The van der Waals surface area contributed by atoms with Crippen molar-refractivity contribution in [3.8, 4) is 5.75 Å². The second-order valence-electron chi connectivity index (χ2n) is 5.35. The molecule has 0 heterocycles. The summed E-state index contributed by atoms with van der Waals surface area (Å²) in [6, 6.07) is 6.43. The van der Waals surface area contributed by atoms with Crippen LogP contribution in [0.3, 0.4) is 0 Å². The highest BCUT2D eigenvalue weighted by molar-refractivity contribution is 6.31. The van der Waals surface area contributed by atoms with Crippen LogP contribution in [0.4, 0.5) is 24.5 Å². The molecule has 0 atom stereocenters. The van der Waals surface area contributed by atoms with Crippen molar-refractivity contribution in [1.29, 1.82) is 0 Å². The van der Waals surface area contributed by atoms with E-state index in [0.717, 1.165) is 24.4 Å². The van der Waals surface area contributed by atoms with Crippen LogP contribution in [0.15, 0.2) is 41.5 Å². The van der Waals surface area contributed by atoms with Crippen molar-refractivity contribution in [2.45, 2.75) is 6.18 Å². The molecule has 0 unspecified atom stereocenters. The Hall–Kier alpha value is -3.34. The van der Waals surface area contributed by atoms with E-state index < -0.39 is 34.0 Å². The first-order chi connectivity index (χ1) is 13.1. The van der Waals surface area contributed by atoms with Crippen LogP contribution in [-0.2, 0) is 11.0 Å². The van der Waals surface area contributed by atoms with Crippen LogP contribution in [0, 0.1) is 10.1 Å². The monoisotopic (exact) mass is 416 g/mol. The SMILES string of the molecule is O=C(CNc1cccc(C(F)(F)F)c1)NN=Cc1cc(Cl)cc([N+](=O)[O-])c1O. The number of nitro benzene ring substituents is 1. The smallest absolute Gasteiger partial charge is 0.416 e. The van der Waals surface area contributed by atoms with Crippen LogP contribution in [0.5, 0.6) is 5.75 Å². The molecule has 1 amide bonds. The van der Waals surface area contributed by atoms with E-state index in [-0.39, 0.29) is 22.8 Å². The van der Waals surface area contributed by atoms with Crippen molar-refractivity contribution in [3.63, 3.8) is 0 Å². The van der Waals surface area contributed by atoms with Crippen molar-refractivity contribution in [2.24, 2.45) is 5.10 Å². The molecule has 2 aromatic rings. The highest BCUT2D eigenvalue weighted by Crippen LogP contribution is 2.32. The number of alkyl halides is 3. The molecule has 0 aromatic heterocycles. The van der Waals surface area contributed by atoms with Crippen molar-refractivity contribution in [3.05, 3.63) is 62.7 Å². The maximum absolute atomic E-state index is 12.6. The molecular formula is C16H12ClF3N4O4. The number of amides is 1. The van der Waals surface area contributed by atoms with Crippen molar-refractivity contribution in [2.75, 3.05) is 11.9 Å². The minimum Gasteiger partial charge on any atom is -0.502 e. The third-order valence-corrected chi connectivity index (χ3v) is 3.53. The number of hydrogen-bond acceptors (Lipinski definition) is 6. The number of carbonyl (C=O) groups excluding carboxylic acids is 1. The van der Waals surface area contributed by atoms with Gasteiger partial charge in [0, 0.05) is 22.3 Å². The van der Waals surface area contributed by atoms with Gasteiger partial charge >= 0.3 is 11.9 Å². The third-order valence-electron chi connectivity index (χ3n) is 3.32. The number of carbonyl (C=O) groups is 1. The highest BCUT2D eigenvalue weighted by Gasteiger charge is 2.30. The number of phenolic OH excluding ortho intramolecular Hbond substituents is 1. The number of anilines is 1. The fourth-order valence-electron chi connectivity index (χ4n) is 2.04. The van der Waals surface area contributed by atoms with Gasteiger partial charge in [-0.3, -0.25) is 14.9 Å². The summed E-state index contributed by atoms with van der Waals surface area (Å²) in [7, 11) is 0. The molecule has 28 heavy (non-hydrogen) atoms. The first-order valence-electron chi connectivity index (χ1n) is 7.48. The zero-order valence-electron chi connectivity index (χ0n) is 13.8. The van der Waals surface area contributed by atoms with Gasteiger partial charge in [0.1, 0.15) is 0 Å². The standard InChI is InChI=1S/C16H12ClF3N4O4/c17-11-4-9(15(26)13(6-11)24(27)28)7-22-23-14(25)8-21-12-3-1-2-10(5-12)16(18,19)20/h1-7,21,26H,8H2,(H,23,25). The summed E-state index contributed by atoms with van der Waals surface area (Å²) in [5.41, 5.74) is 0.538. The van der Waals surface area contributed by atoms with E-state index in [9.17, 15) is 33.2 Å². The van der Waals surface area contributed by atoms with Gasteiger partial charge in [-0.15, -0.1) is 0 Å². The van der Waals surface area contributed by atoms with E-state index in [0.29, 0.717) is 0 Å². The van der Waals surface area contributed by atoms with Gasteiger partial charge < -0.3 is 10.4 Å². The number of hydrogen-bond donors (Lipinski definition) is 3. The quantitative estimate of drug-likeness (QED) is 0.378. The molecule has 0 saturated heterocycles. The zero-order valence-corrected chi connectivity index (χ0v) is 14.6. The molecule has 0 aliphatic carbocycles. The van der Waals surface area contributed by atoms with Gasteiger partial charge in [-0.2, -0.15) is 18.3 Å². The molecule has 3 N–H and O–H groups in total. The Morgan fingerprint density at radius 1 is 1.32 bits per heavy atom. The van der Waals surface area contributed by atoms with Crippen LogP contribution in [0.25, 0.3) is 0 Å². The number of nitrogens with zero attached hydrogens (tertiary/aromatic N) is 2. The molecule has 0 fully saturated rings. The van der Waals surface area contributed by atoms with Gasteiger partial charge in [-0.05, 0) is 24.3 Å². The van der Waals surface area contributed by atoms with E-state index in [1.165, 1.54) is 18.2 Å². The summed E-state index contributed by atoms with van der Waals surface area (Å²) in [5.74, 6) is -1.39. The normalized spacial score (nSPS) is 11.4. The summed E-state index contributed by atoms with van der Waals surface area (Å²) in [5, 5.41) is 26.6. The predicted octanol–water partition coefficient (Wildman–Crippen LogP) is 3.53. The van der Waals surface area contributed by atoms with E-state index in [1.54, 1.807) is 0 Å². The molecule has 12 heteroatoms. The van der Waals surface area contributed by atoms with Crippen molar-refractivity contribution < 1.29 is 28.0 Å². The molecule has 8 nitrogen and oxygen atoms in total. The van der Waals surface area contributed by atoms with Gasteiger partial charge in [0.25, 0.3) is 5.91 Å². The lowest BCUT2D eigenvalue weighted by molar-refractivity contribution is -0.385. The van der Waals surface area contributed by atoms with E-state index in [1.807, 2.05) is 0 Å². The Balaban J connectivity index is 1.97. The minimum absolute atomic E-state index is 0.0245. The number of nitrogens with one attached hydrogen (secondary N) is 2. The van der Waals surface area contributed by atoms with E-state index in [4.69, 9.17) is 11.6 Å². The average molecular weight is 417 g/mol. The van der Waals surface area contributed by atoms with Crippen LogP contribution >= 0.6 is 11.6 Å². The fraction of sp³-hybridized carbons (Fsp3) is 0.125. The summed E-state index contributed by atoms with van der Waals surface area (Å²) >= 11 is 5.72. The van der Waals surface area contributed by atoms with Gasteiger partial charge in [-0.1, -0.05) is 17.7 Å². The summed E-state index contributed by atoms with van der Waals surface area (Å²) in [4.78, 5) is 21.7. The number of phenols is 1. The van der Waals surface area contributed by atoms with Gasteiger partial charge in [-0.25, -0.2) is 5.43 Å². The van der Waals surface area contributed by atoms with Crippen molar-refractivity contribution in [1.82, 2.24) is 5.43 Å². The average Bonchev–Trinajstić information content (AvgIpc) is 2.62. The Morgan fingerprint density at radius 3 is 2.68 bits per heavy atom. The van der Waals surface area contributed by atoms with E-state index >= 15 is 0 Å². The van der Waals surface area contributed by atoms with E-state index in [2.05, 4.69) is 15.8 Å². The number of hydrazone groups is 1. The number of aromatic hydroxyl groups is 1. The minimum atomic E-state index is -4.51. The number of benzene rings is 2. The summed E-state index contributed by atoms with van der Waals surface area (Å²) in [6.07, 6.45) is -3.57. The predicted molar refractivity (Wildman–Crippen MR) is 95.4 cm³/mol. The van der Waals surface area contributed by atoms with Crippen LogP contribution in [0.1, 0.15) is 11.1 Å². The molecule has 0 aliphatic rings. The Morgan fingerprint density at radius 2 is 2.04 bits per heavy atom. The molecule has 0 bridgehead atoms. The second kappa shape index (κ2) is 8.57. The molecule has 2 rings (SSSR count). The molecule has 0 saturated carbocycles. The Labute approximate surface area is 160 Å². The lowest BCUT2D eigenvalue weighted by Gasteiger charge is -2.10. The molecule has 0 radical (unpaired) electrons. The van der Waals surface area contributed by atoms with Crippen LogP contribution in [0.2, 0.25) is 5.02 Å². The summed E-state index contributed by atoms with van der Waals surface area (Å²) < 4.78 is 37.9. The molecule has 0 aliphatic heterocycles. The lowest BCUT2D eigenvalue weighted by Crippen LogP contribution is -2.26. The number of rotatable bonds is 6. The zero-order chi connectivity index (χ0) is 20.9. The van der Waals surface area contributed by atoms with Crippen LogP contribution in [-0.4, -0.2) is 28.7 Å². The molecule has 2 aromatic carbocycles. The summed E-state index contributed by atoms with van der Waals surface area (Å²) in [6.45, 7) is -0.389. The first kappa shape index (κ1) is 21.0. The third kappa shape index (κ3) is 5.58. The second-order valence-corrected chi connectivity index (χ2v) is 5.78. The molecular weight excluding hydrogens is 405 g/mol. The van der Waals surface area contributed by atoms with Crippen LogP contribution < -0.4 is 10.7 Å². The highest BCUT2D eigenvalue weighted by atomic mass is 35.5. The van der Waals surface area contributed by atoms with Crippen molar-refractivity contribution >= 4 is 35.1 Å². The lowest BCUT2D eigenvalue weighted by atomic mass is 10.2. The Kier molecular flexibility index (Phi) is 6.41. The largest absolute Gasteiger partial charge is 0.502 e. The number of nitro groups is 1. The molecule has 148 valence electrons. The van der Waals surface area contributed by atoms with Gasteiger partial charge in [0.15, 0.2) is 0 Å². The number of halogens is 4. The first-order valence-corrected chi connectivity index (χ1v) is 7.85.